The molecule has 0 aliphatic carbocycles. The molecule has 0 radical (unpaired) electrons. The predicted molar refractivity (Wildman–Crippen MR) is 85.2 cm³/mol. The SMILES string of the molecule is O=C(Cc1ccccc1)Nc1nnc(-c2ccccc2[N+](=O)[O-])o1. The number of hydrogen-bond donors (Lipinski definition) is 1. The van der Waals surface area contributed by atoms with Gasteiger partial charge in [0.2, 0.25) is 5.91 Å². The second kappa shape index (κ2) is 6.69. The topological polar surface area (TPSA) is 111 Å². The Morgan fingerprint density at radius 2 is 1.79 bits per heavy atom. The molecule has 0 atom stereocenters. The van der Waals surface area contributed by atoms with Crippen LogP contribution in [0.25, 0.3) is 11.5 Å². The van der Waals surface area contributed by atoms with E-state index in [4.69, 9.17) is 4.42 Å². The number of nitrogens with one attached hydrogen (secondary N) is 1. The van der Waals surface area contributed by atoms with E-state index in [-0.39, 0.29) is 35.5 Å². The summed E-state index contributed by atoms with van der Waals surface area (Å²) in [4.78, 5) is 22.4. The summed E-state index contributed by atoms with van der Waals surface area (Å²) < 4.78 is 5.31. The number of carbonyl (C=O) groups excluding carboxylic acids is 1. The Balaban J connectivity index is 1.74. The van der Waals surface area contributed by atoms with Crippen molar-refractivity contribution in [2.24, 2.45) is 0 Å². The second-order valence-corrected chi connectivity index (χ2v) is 4.90. The minimum Gasteiger partial charge on any atom is -0.403 e. The molecular formula is C16H12N4O4. The third kappa shape index (κ3) is 3.43. The van der Waals surface area contributed by atoms with E-state index in [2.05, 4.69) is 15.5 Å². The Hall–Kier alpha value is -3.55. The first-order valence-corrected chi connectivity index (χ1v) is 7.04. The van der Waals surface area contributed by atoms with Gasteiger partial charge in [0.05, 0.1) is 11.3 Å². The maximum absolute atomic E-state index is 12.0. The first-order valence-electron chi connectivity index (χ1n) is 7.04. The summed E-state index contributed by atoms with van der Waals surface area (Å²) in [5.41, 5.74) is 0.885. The minimum absolute atomic E-state index is 0.0303. The van der Waals surface area contributed by atoms with Gasteiger partial charge in [-0.3, -0.25) is 20.2 Å². The van der Waals surface area contributed by atoms with Crippen LogP contribution in [0.4, 0.5) is 11.7 Å². The molecule has 120 valence electrons. The van der Waals surface area contributed by atoms with Gasteiger partial charge in [0, 0.05) is 6.07 Å². The summed E-state index contributed by atoms with van der Waals surface area (Å²) in [5, 5.41) is 21.0. The molecule has 0 spiro atoms. The van der Waals surface area contributed by atoms with Crippen LogP contribution in [-0.2, 0) is 11.2 Å². The molecule has 2 aromatic carbocycles. The number of nitro benzene ring substituents is 1. The number of para-hydroxylation sites is 1. The summed E-state index contributed by atoms with van der Waals surface area (Å²) in [6.45, 7) is 0. The van der Waals surface area contributed by atoms with Gasteiger partial charge < -0.3 is 4.42 Å². The monoisotopic (exact) mass is 324 g/mol. The van der Waals surface area contributed by atoms with Crippen molar-refractivity contribution in [1.82, 2.24) is 10.2 Å². The predicted octanol–water partition coefficient (Wildman–Crippen LogP) is 2.83. The van der Waals surface area contributed by atoms with Gasteiger partial charge in [-0.1, -0.05) is 47.6 Å². The van der Waals surface area contributed by atoms with Crippen molar-refractivity contribution in [2.75, 3.05) is 5.32 Å². The van der Waals surface area contributed by atoms with Crippen molar-refractivity contribution < 1.29 is 14.1 Å². The summed E-state index contributed by atoms with van der Waals surface area (Å²) >= 11 is 0. The number of anilines is 1. The highest BCUT2D eigenvalue weighted by Crippen LogP contribution is 2.29. The first-order chi connectivity index (χ1) is 11.6. The van der Waals surface area contributed by atoms with Crippen LogP contribution < -0.4 is 5.32 Å². The van der Waals surface area contributed by atoms with Crippen molar-refractivity contribution in [3.05, 3.63) is 70.3 Å². The van der Waals surface area contributed by atoms with Crippen LogP contribution in [0.15, 0.2) is 59.0 Å². The zero-order chi connectivity index (χ0) is 16.9. The molecule has 0 saturated heterocycles. The normalized spacial score (nSPS) is 10.3. The van der Waals surface area contributed by atoms with Gasteiger partial charge in [-0.2, -0.15) is 0 Å². The van der Waals surface area contributed by atoms with Crippen LogP contribution in [-0.4, -0.2) is 21.0 Å². The first kappa shape index (κ1) is 15.3. The highest BCUT2D eigenvalue weighted by molar-refractivity contribution is 5.90. The average Bonchev–Trinajstić information content (AvgIpc) is 3.04. The third-order valence-electron chi connectivity index (χ3n) is 3.21. The van der Waals surface area contributed by atoms with E-state index in [1.165, 1.54) is 12.1 Å². The number of carbonyl (C=O) groups is 1. The Kier molecular flexibility index (Phi) is 4.28. The molecule has 1 heterocycles. The lowest BCUT2D eigenvalue weighted by atomic mass is 10.1. The Labute approximate surface area is 136 Å². The van der Waals surface area contributed by atoms with Crippen LogP contribution in [0.2, 0.25) is 0 Å². The molecule has 0 fully saturated rings. The van der Waals surface area contributed by atoms with E-state index in [1.54, 1.807) is 12.1 Å². The van der Waals surface area contributed by atoms with Crippen LogP contribution in [0.3, 0.4) is 0 Å². The molecule has 0 aliphatic heterocycles. The van der Waals surface area contributed by atoms with Gasteiger partial charge in [-0.05, 0) is 11.6 Å². The number of aromatic nitrogens is 2. The highest BCUT2D eigenvalue weighted by atomic mass is 16.6. The van der Waals surface area contributed by atoms with Gasteiger partial charge >= 0.3 is 6.01 Å². The van der Waals surface area contributed by atoms with Crippen molar-refractivity contribution in [2.45, 2.75) is 6.42 Å². The fourth-order valence-electron chi connectivity index (χ4n) is 2.14. The third-order valence-corrected chi connectivity index (χ3v) is 3.21. The molecule has 0 bridgehead atoms. The maximum Gasteiger partial charge on any atom is 0.322 e. The summed E-state index contributed by atoms with van der Waals surface area (Å²) in [5.74, 6) is -0.351. The number of benzene rings is 2. The van der Waals surface area contributed by atoms with Gasteiger partial charge in [-0.15, -0.1) is 5.10 Å². The summed E-state index contributed by atoms with van der Waals surface area (Å²) in [7, 11) is 0. The summed E-state index contributed by atoms with van der Waals surface area (Å²) in [6.07, 6.45) is 0.157. The van der Waals surface area contributed by atoms with Crippen molar-refractivity contribution >= 4 is 17.6 Å². The van der Waals surface area contributed by atoms with E-state index in [0.717, 1.165) is 5.56 Å². The van der Waals surface area contributed by atoms with Gasteiger partial charge in [0.1, 0.15) is 5.56 Å². The van der Waals surface area contributed by atoms with E-state index in [1.807, 2.05) is 30.3 Å². The lowest BCUT2D eigenvalue weighted by Gasteiger charge is -2.00. The standard InChI is InChI=1S/C16H12N4O4/c21-14(10-11-6-2-1-3-7-11)17-16-19-18-15(24-16)12-8-4-5-9-13(12)20(22)23/h1-9H,10H2,(H,17,19,21). The van der Waals surface area contributed by atoms with Crippen molar-refractivity contribution in [1.29, 1.82) is 0 Å². The van der Waals surface area contributed by atoms with Crippen LogP contribution in [0.1, 0.15) is 5.56 Å². The molecule has 0 unspecified atom stereocenters. The van der Waals surface area contributed by atoms with E-state index in [0.29, 0.717) is 0 Å². The average molecular weight is 324 g/mol. The molecule has 8 nitrogen and oxygen atoms in total. The smallest absolute Gasteiger partial charge is 0.322 e. The molecular weight excluding hydrogens is 312 g/mol. The fourth-order valence-corrected chi connectivity index (χ4v) is 2.14. The largest absolute Gasteiger partial charge is 0.403 e. The quantitative estimate of drug-likeness (QED) is 0.570. The lowest BCUT2D eigenvalue weighted by molar-refractivity contribution is -0.384. The van der Waals surface area contributed by atoms with E-state index < -0.39 is 4.92 Å². The molecule has 8 heteroatoms. The number of nitrogens with zero attached hydrogens (tertiary/aromatic N) is 3. The van der Waals surface area contributed by atoms with Gasteiger partial charge in [0.25, 0.3) is 11.6 Å². The maximum atomic E-state index is 12.0. The Bertz CT molecular complexity index is 877. The number of rotatable bonds is 5. The summed E-state index contributed by atoms with van der Waals surface area (Å²) in [6, 6.07) is 15.1. The second-order valence-electron chi connectivity index (χ2n) is 4.90. The van der Waals surface area contributed by atoms with Crippen molar-refractivity contribution in [3.8, 4) is 11.5 Å². The minimum atomic E-state index is -0.535. The van der Waals surface area contributed by atoms with Gasteiger partial charge in [0.15, 0.2) is 0 Å². The van der Waals surface area contributed by atoms with E-state index >= 15 is 0 Å². The van der Waals surface area contributed by atoms with Crippen molar-refractivity contribution in [3.63, 3.8) is 0 Å². The molecule has 3 rings (SSSR count). The van der Waals surface area contributed by atoms with Crippen LogP contribution in [0.5, 0.6) is 0 Å². The zero-order valence-electron chi connectivity index (χ0n) is 12.4. The van der Waals surface area contributed by atoms with Crippen LogP contribution >= 0.6 is 0 Å². The fraction of sp³-hybridized carbons (Fsp3) is 0.0625. The molecule has 0 saturated carbocycles. The molecule has 0 aliphatic rings. The molecule has 1 amide bonds. The molecule has 3 aromatic rings. The Morgan fingerprint density at radius 3 is 2.54 bits per heavy atom. The Morgan fingerprint density at radius 1 is 1.08 bits per heavy atom. The zero-order valence-corrected chi connectivity index (χ0v) is 12.4. The molecule has 1 N–H and O–H groups in total. The van der Waals surface area contributed by atoms with Gasteiger partial charge in [-0.25, -0.2) is 0 Å². The number of nitro groups is 1. The lowest BCUT2D eigenvalue weighted by Crippen LogP contribution is -2.14. The number of amides is 1. The molecule has 1 aromatic heterocycles. The van der Waals surface area contributed by atoms with Crippen LogP contribution in [0, 0.1) is 10.1 Å². The number of hydrogen-bond acceptors (Lipinski definition) is 6. The highest BCUT2D eigenvalue weighted by Gasteiger charge is 2.20. The van der Waals surface area contributed by atoms with E-state index in [9.17, 15) is 14.9 Å². The molecule has 24 heavy (non-hydrogen) atoms.